The molecule has 1 atom stereocenters. The summed E-state index contributed by atoms with van der Waals surface area (Å²) in [5.74, 6) is 0. The Bertz CT molecular complexity index is 5160. The van der Waals surface area contributed by atoms with Crippen LogP contribution < -0.4 is 4.90 Å². The molecule has 0 saturated heterocycles. The van der Waals surface area contributed by atoms with E-state index in [0.29, 0.717) is 0 Å². The molecule has 1 aliphatic heterocycles. The Morgan fingerprint density at radius 1 is 0.274 bits per heavy atom. The van der Waals surface area contributed by atoms with Gasteiger partial charge in [0, 0.05) is 27.7 Å². The highest BCUT2D eigenvalue weighted by atomic mass is 15.1. The van der Waals surface area contributed by atoms with Crippen LogP contribution in [0.4, 0.5) is 17.1 Å². The van der Waals surface area contributed by atoms with Crippen LogP contribution in [0.15, 0.2) is 315 Å². The van der Waals surface area contributed by atoms with Gasteiger partial charge in [-0.3, -0.25) is 0 Å². The highest BCUT2D eigenvalue weighted by molar-refractivity contribution is 6.13. The molecular formula is C82H52N2. The molecule has 1 aromatic heterocycles. The minimum atomic E-state index is -0.540. The lowest BCUT2D eigenvalue weighted by Gasteiger charge is -2.39. The van der Waals surface area contributed by atoms with E-state index in [1.807, 2.05) is 0 Å². The Kier molecular flexibility index (Phi) is 9.97. The number of hydrogen-bond donors (Lipinski definition) is 0. The number of anilines is 3. The molecule has 2 aliphatic carbocycles. The van der Waals surface area contributed by atoms with Crippen molar-refractivity contribution in [2.75, 3.05) is 4.90 Å². The van der Waals surface area contributed by atoms with Crippen molar-refractivity contribution in [3.05, 3.63) is 360 Å². The molecule has 0 saturated carbocycles. The number of fused-ring (bicyclic) bond motifs is 17. The van der Waals surface area contributed by atoms with E-state index in [-0.39, 0.29) is 0 Å². The molecule has 0 amide bonds. The van der Waals surface area contributed by atoms with Gasteiger partial charge in [-0.2, -0.15) is 0 Å². The van der Waals surface area contributed by atoms with Crippen molar-refractivity contribution in [2.45, 2.75) is 10.8 Å². The molecular weight excluding hydrogens is 1010 g/mol. The second kappa shape index (κ2) is 17.8. The summed E-state index contributed by atoms with van der Waals surface area (Å²) in [5, 5.41) is 7.43. The Labute approximate surface area is 488 Å². The quantitative estimate of drug-likeness (QED) is 0.154. The fourth-order valence-electron chi connectivity index (χ4n) is 15.6. The van der Waals surface area contributed by atoms with Crippen LogP contribution in [0.5, 0.6) is 0 Å². The van der Waals surface area contributed by atoms with Gasteiger partial charge in [-0.1, -0.05) is 261 Å². The van der Waals surface area contributed by atoms with E-state index in [9.17, 15) is 0 Å². The van der Waals surface area contributed by atoms with E-state index in [1.54, 1.807) is 0 Å². The molecule has 0 N–H and O–H groups in total. The number of para-hydroxylation sites is 3. The van der Waals surface area contributed by atoms with Gasteiger partial charge in [0.05, 0.1) is 33.2 Å². The molecule has 18 rings (SSSR count). The van der Waals surface area contributed by atoms with E-state index >= 15 is 0 Å². The third-order valence-corrected chi connectivity index (χ3v) is 19.0. The largest absolute Gasteiger partial charge is 0.310 e. The molecule has 2 heterocycles. The van der Waals surface area contributed by atoms with Gasteiger partial charge < -0.3 is 9.47 Å². The molecule has 3 aliphatic rings. The zero-order valence-electron chi connectivity index (χ0n) is 45.9. The summed E-state index contributed by atoms with van der Waals surface area (Å²) >= 11 is 0. The Hall–Kier alpha value is -10.8. The summed E-state index contributed by atoms with van der Waals surface area (Å²) in [6.07, 6.45) is 0. The monoisotopic (exact) mass is 1060 g/mol. The lowest BCUT2D eigenvalue weighted by Crippen LogP contribution is -2.33. The normalized spacial score (nSPS) is 14.8. The first-order chi connectivity index (χ1) is 41.7. The minimum Gasteiger partial charge on any atom is -0.310 e. The van der Waals surface area contributed by atoms with Crippen LogP contribution in [-0.4, -0.2) is 4.57 Å². The molecule has 14 aromatic carbocycles. The number of aromatic nitrogens is 1. The number of benzene rings is 14. The van der Waals surface area contributed by atoms with Crippen LogP contribution >= 0.6 is 0 Å². The highest BCUT2D eigenvalue weighted by Crippen LogP contribution is 2.63. The van der Waals surface area contributed by atoms with Crippen molar-refractivity contribution in [1.29, 1.82) is 0 Å². The van der Waals surface area contributed by atoms with Crippen molar-refractivity contribution in [3.8, 4) is 50.2 Å². The van der Waals surface area contributed by atoms with Gasteiger partial charge in [0.1, 0.15) is 0 Å². The first-order valence-electron chi connectivity index (χ1n) is 29.3. The molecule has 15 aromatic rings. The van der Waals surface area contributed by atoms with Gasteiger partial charge in [-0.15, -0.1) is 0 Å². The van der Waals surface area contributed by atoms with E-state index < -0.39 is 10.8 Å². The third-order valence-electron chi connectivity index (χ3n) is 19.0. The van der Waals surface area contributed by atoms with Gasteiger partial charge in [0.25, 0.3) is 0 Å². The number of hydrogen-bond acceptors (Lipinski definition) is 1. The third kappa shape index (κ3) is 6.34. The van der Waals surface area contributed by atoms with Crippen molar-refractivity contribution in [3.63, 3.8) is 0 Å². The summed E-state index contributed by atoms with van der Waals surface area (Å²) < 4.78 is 2.53. The van der Waals surface area contributed by atoms with Crippen LogP contribution in [0.3, 0.4) is 0 Å². The zero-order chi connectivity index (χ0) is 55.1. The van der Waals surface area contributed by atoms with Crippen molar-refractivity contribution < 1.29 is 0 Å². The summed E-state index contributed by atoms with van der Waals surface area (Å²) in [5.41, 5.74) is 26.3. The van der Waals surface area contributed by atoms with Crippen LogP contribution in [-0.2, 0) is 10.8 Å². The zero-order valence-corrected chi connectivity index (χ0v) is 45.9. The predicted molar refractivity (Wildman–Crippen MR) is 350 cm³/mol. The fraction of sp³-hybridized carbons (Fsp3) is 0.0244. The van der Waals surface area contributed by atoms with E-state index in [0.717, 1.165) is 17.1 Å². The van der Waals surface area contributed by atoms with E-state index in [2.05, 4.69) is 325 Å². The van der Waals surface area contributed by atoms with E-state index in [1.165, 1.54) is 138 Å². The SMILES string of the molecule is c1ccc(C2(c3ccccc3)c3ccccc3-c3c(N(c4ccc(-c5cccc6ccccc56)cc4)c4ccc5cc(-c6ccc7c(c6)C6(c8ccccc8-7)c7ccccc7-n7c8ccccc8c8cccc6c87)ccc5c4)cccc32)cc1. The van der Waals surface area contributed by atoms with Crippen LogP contribution in [0.25, 0.3) is 93.5 Å². The summed E-state index contributed by atoms with van der Waals surface area (Å²) in [6, 6.07) is 118. The van der Waals surface area contributed by atoms with Crippen molar-refractivity contribution in [2.24, 2.45) is 0 Å². The van der Waals surface area contributed by atoms with Crippen LogP contribution in [0.2, 0.25) is 0 Å². The predicted octanol–water partition coefficient (Wildman–Crippen LogP) is 20.9. The molecule has 2 heteroatoms. The lowest BCUT2D eigenvalue weighted by atomic mass is 9.65. The van der Waals surface area contributed by atoms with Gasteiger partial charge in [0.15, 0.2) is 0 Å². The standard InChI is InChI=1S/C82H52N2/c1-3-22-59(23-4-1)81(60-24-5-2-6-25-60)71-33-13-10-29-69(71)79-73(81)35-19-39-78(79)83(61-46-42-54(43-47-61)64-30-17-21-53-20-7-8-26-63(53)64)62-48-44-56-50-55(40-41-57(56)51-62)58-45-49-66-65-27-9-12-32-70(65)82(75(66)52-58)72-34-14-16-38-77(72)84-76-37-15-11-28-67(76)68-31-18-36-74(82)80(68)84/h1-52H. The topological polar surface area (TPSA) is 8.17 Å². The van der Waals surface area contributed by atoms with Gasteiger partial charge in [-0.25, -0.2) is 0 Å². The molecule has 0 bridgehead atoms. The second-order valence-electron chi connectivity index (χ2n) is 23.0. The maximum absolute atomic E-state index is 2.53. The smallest absolute Gasteiger partial charge is 0.0754 e. The summed E-state index contributed by atoms with van der Waals surface area (Å²) in [4.78, 5) is 2.50. The highest BCUT2D eigenvalue weighted by Gasteiger charge is 2.51. The second-order valence-corrected chi connectivity index (χ2v) is 23.0. The summed E-state index contributed by atoms with van der Waals surface area (Å²) in [7, 11) is 0. The van der Waals surface area contributed by atoms with Crippen molar-refractivity contribution in [1.82, 2.24) is 4.57 Å². The fourth-order valence-corrected chi connectivity index (χ4v) is 15.6. The Morgan fingerprint density at radius 2 is 0.810 bits per heavy atom. The molecule has 0 fully saturated rings. The minimum absolute atomic E-state index is 0.523. The maximum atomic E-state index is 2.53. The van der Waals surface area contributed by atoms with Gasteiger partial charge in [-0.05, 0) is 160 Å². The Morgan fingerprint density at radius 3 is 1.63 bits per heavy atom. The molecule has 84 heavy (non-hydrogen) atoms. The molecule has 2 nitrogen and oxygen atoms in total. The molecule has 390 valence electrons. The average molecular weight is 1070 g/mol. The first-order valence-corrected chi connectivity index (χ1v) is 29.3. The van der Waals surface area contributed by atoms with Crippen LogP contribution in [0, 0.1) is 0 Å². The van der Waals surface area contributed by atoms with Gasteiger partial charge >= 0.3 is 0 Å². The van der Waals surface area contributed by atoms with Crippen LogP contribution in [0.1, 0.15) is 44.5 Å². The first kappa shape index (κ1) is 46.9. The molecule has 1 spiro atoms. The van der Waals surface area contributed by atoms with E-state index in [4.69, 9.17) is 0 Å². The lowest BCUT2D eigenvalue weighted by molar-refractivity contribution is 0.749. The number of nitrogens with zero attached hydrogens (tertiary/aromatic N) is 2. The average Bonchev–Trinajstić information content (AvgIpc) is 1.55. The molecule has 0 radical (unpaired) electrons. The van der Waals surface area contributed by atoms with Crippen molar-refractivity contribution >= 4 is 60.4 Å². The molecule has 1 unspecified atom stereocenters. The van der Waals surface area contributed by atoms with Gasteiger partial charge in [0.2, 0.25) is 0 Å². The Balaban J connectivity index is 0.811. The maximum Gasteiger partial charge on any atom is 0.0754 e. The summed E-state index contributed by atoms with van der Waals surface area (Å²) in [6.45, 7) is 0. The number of rotatable bonds is 7.